The average molecular weight is 229 g/mol. The minimum atomic E-state index is -0.0654. The van der Waals surface area contributed by atoms with Crippen LogP contribution in [0.2, 0.25) is 0 Å². The molecule has 0 fully saturated rings. The Balaban J connectivity index is 4.06. The number of carbonyl (C=O) groups excluding carboxylic acids is 1. The molecule has 0 radical (unpaired) electrons. The summed E-state index contributed by atoms with van der Waals surface area (Å²) < 4.78 is 0. The van der Waals surface area contributed by atoms with Crippen molar-refractivity contribution in [3.05, 3.63) is 0 Å². The quantitative estimate of drug-likeness (QED) is 0.696. The lowest BCUT2D eigenvalue weighted by molar-refractivity contribution is -0.133. The molecule has 4 heteroatoms. The summed E-state index contributed by atoms with van der Waals surface area (Å²) in [7, 11) is 7.82. The van der Waals surface area contributed by atoms with E-state index in [-0.39, 0.29) is 11.9 Å². The topological polar surface area (TPSA) is 35.6 Å². The zero-order chi connectivity index (χ0) is 12.7. The minimum absolute atomic E-state index is 0.0654. The summed E-state index contributed by atoms with van der Waals surface area (Å²) in [6, 6.07) is -0.0654. The van der Waals surface area contributed by atoms with E-state index in [0.717, 1.165) is 19.5 Å². The summed E-state index contributed by atoms with van der Waals surface area (Å²) in [6.45, 7) is 5.96. The number of likely N-dealkylation sites (N-methyl/N-ethyl adjacent to an activating group) is 2. The predicted octanol–water partition coefficient (Wildman–Crippen LogP) is 0.641. The maximum absolute atomic E-state index is 12.0. The highest BCUT2D eigenvalue weighted by molar-refractivity contribution is 5.81. The van der Waals surface area contributed by atoms with Crippen LogP contribution >= 0.6 is 0 Å². The van der Waals surface area contributed by atoms with Gasteiger partial charge in [-0.15, -0.1) is 0 Å². The van der Waals surface area contributed by atoms with Crippen LogP contribution in [-0.4, -0.2) is 63.0 Å². The van der Waals surface area contributed by atoms with Gasteiger partial charge in [-0.1, -0.05) is 13.8 Å². The van der Waals surface area contributed by atoms with Gasteiger partial charge in [0.25, 0.3) is 0 Å². The van der Waals surface area contributed by atoms with Crippen molar-refractivity contribution in [3.63, 3.8) is 0 Å². The number of carbonyl (C=O) groups is 1. The van der Waals surface area contributed by atoms with Crippen molar-refractivity contribution >= 4 is 5.91 Å². The normalized spacial score (nSPS) is 13.2. The summed E-state index contributed by atoms with van der Waals surface area (Å²) in [4.78, 5) is 16.0. The first-order valence-corrected chi connectivity index (χ1v) is 5.97. The lowest BCUT2D eigenvalue weighted by Gasteiger charge is -2.26. The lowest BCUT2D eigenvalue weighted by Crippen LogP contribution is -2.47. The maximum atomic E-state index is 12.0. The van der Waals surface area contributed by atoms with E-state index in [2.05, 4.69) is 24.1 Å². The molecule has 0 aromatic rings. The molecule has 1 unspecified atom stereocenters. The monoisotopic (exact) mass is 229 g/mol. The number of hydrogen-bond donors (Lipinski definition) is 1. The van der Waals surface area contributed by atoms with E-state index in [1.54, 1.807) is 0 Å². The second-order valence-corrected chi connectivity index (χ2v) is 4.93. The highest BCUT2D eigenvalue weighted by atomic mass is 16.2. The van der Waals surface area contributed by atoms with Crippen LogP contribution in [0.1, 0.15) is 20.3 Å². The molecule has 0 spiro atoms. The Morgan fingerprint density at radius 1 is 1.19 bits per heavy atom. The molecular formula is C12H27N3O. The Morgan fingerprint density at radius 2 is 1.75 bits per heavy atom. The van der Waals surface area contributed by atoms with Crippen LogP contribution in [0, 0.1) is 5.92 Å². The summed E-state index contributed by atoms with van der Waals surface area (Å²) in [6.07, 6.45) is 1.02. The van der Waals surface area contributed by atoms with Gasteiger partial charge in [-0.2, -0.15) is 0 Å². The molecule has 0 aliphatic rings. The summed E-state index contributed by atoms with van der Waals surface area (Å²) in [5.74, 6) is 0.519. The Labute approximate surface area is 100.0 Å². The van der Waals surface area contributed by atoms with E-state index in [9.17, 15) is 4.79 Å². The molecule has 1 atom stereocenters. The van der Waals surface area contributed by atoms with Crippen molar-refractivity contribution in [1.82, 2.24) is 15.1 Å². The molecule has 0 heterocycles. The first-order valence-electron chi connectivity index (χ1n) is 5.97. The molecule has 1 amide bonds. The third kappa shape index (κ3) is 5.47. The number of amides is 1. The Morgan fingerprint density at radius 3 is 2.12 bits per heavy atom. The molecule has 0 saturated heterocycles. The highest BCUT2D eigenvalue weighted by Gasteiger charge is 2.22. The molecule has 0 aromatic carbocycles. The summed E-state index contributed by atoms with van der Waals surface area (Å²) >= 11 is 0. The zero-order valence-corrected chi connectivity index (χ0v) is 11.6. The SMILES string of the molecule is CNC(C(=O)N(C)CCCN(C)C)C(C)C. The number of nitrogens with one attached hydrogen (secondary N) is 1. The molecule has 4 nitrogen and oxygen atoms in total. The highest BCUT2D eigenvalue weighted by Crippen LogP contribution is 2.05. The van der Waals surface area contributed by atoms with Gasteiger partial charge in [-0.25, -0.2) is 0 Å². The van der Waals surface area contributed by atoms with Gasteiger partial charge >= 0.3 is 0 Å². The zero-order valence-electron chi connectivity index (χ0n) is 11.6. The van der Waals surface area contributed by atoms with E-state index in [0.29, 0.717) is 5.92 Å². The van der Waals surface area contributed by atoms with Crippen molar-refractivity contribution in [3.8, 4) is 0 Å². The predicted molar refractivity (Wildman–Crippen MR) is 68.5 cm³/mol. The molecule has 0 saturated carbocycles. The summed E-state index contributed by atoms with van der Waals surface area (Å²) in [5.41, 5.74) is 0. The molecule has 0 aliphatic heterocycles. The molecule has 1 N–H and O–H groups in total. The largest absolute Gasteiger partial charge is 0.344 e. The van der Waals surface area contributed by atoms with E-state index in [1.807, 2.05) is 33.1 Å². The van der Waals surface area contributed by atoms with Crippen molar-refractivity contribution in [2.75, 3.05) is 41.3 Å². The van der Waals surface area contributed by atoms with Gasteiger partial charge in [0.2, 0.25) is 5.91 Å². The van der Waals surface area contributed by atoms with E-state index >= 15 is 0 Å². The van der Waals surface area contributed by atoms with Crippen LogP contribution in [0.25, 0.3) is 0 Å². The fourth-order valence-corrected chi connectivity index (χ4v) is 1.71. The van der Waals surface area contributed by atoms with Crippen LogP contribution in [0.15, 0.2) is 0 Å². The molecular weight excluding hydrogens is 202 g/mol. The lowest BCUT2D eigenvalue weighted by atomic mass is 10.0. The number of nitrogens with zero attached hydrogens (tertiary/aromatic N) is 2. The third-order valence-corrected chi connectivity index (χ3v) is 2.72. The molecule has 16 heavy (non-hydrogen) atoms. The van der Waals surface area contributed by atoms with E-state index in [4.69, 9.17) is 0 Å². The fraction of sp³-hybridized carbons (Fsp3) is 0.917. The molecule has 0 aliphatic carbocycles. The number of rotatable bonds is 7. The van der Waals surface area contributed by atoms with Gasteiger partial charge in [-0.05, 0) is 40.0 Å². The second kappa shape index (κ2) is 7.63. The van der Waals surface area contributed by atoms with Crippen molar-refractivity contribution in [2.24, 2.45) is 5.92 Å². The first kappa shape index (κ1) is 15.4. The smallest absolute Gasteiger partial charge is 0.239 e. The van der Waals surface area contributed by atoms with Gasteiger partial charge in [-0.3, -0.25) is 4.79 Å². The van der Waals surface area contributed by atoms with Crippen LogP contribution in [0.5, 0.6) is 0 Å². The van der Waals surface area contributed by atoms with Crippen LogP contribution in [-0.2, 0) is 4.79 Å². The van der Waals surface area contributed by atoms with E-state index in [1.165, 1.54) is 0 Å². The minimum Gasteiger partial charge on any atom is -0.344 e. The van der Waals surface area contributed by atoms with Gasteiger partial charge in [0, 0.05) is 13.6 Å². The molecule has 0 bridgehead atoms. The van der Waals surface area contributed by atoms with E-state index < -0.39 is 0 Å². The van der Waals surface area contributed by atoms with Crippen molar-refractivity contribution < 1.29 is 4.79 Å². The Bertz CT molecular complexity index is 204. The van der Waals surface area contributed by atoms with Gasteiger partial charge in [0.15, 0.2) is 0 Å². The summed E-state index contributed by atoms with van der Waals surface area (Å²) in [5, 5.41) is 3.08. The number of hydrogen-bond acceptors (Lipinski definition) is 3. The third-order valence-electron chi connectivity index (χ3n) is 2.72. The average Bonchev–Trinajstić information content (AvgIpc) is 2.17. The maximum Gasteiger partial charge on any atom is 0.239 e. The molecule has 96 valence electrons. The van der Waals surface area contributed by atoms with Crippen LogP contribution < -0.4 is 5.32 Å². The molecule has 0 rings (SSSR count). The standard InChI is InChI=1S/C12H27N3O/c1-10(2)11(13-3)12(16)15(6)9-7-8-14(4)5/h10-11,13H,7-9H2,1-6H3. The van der Waals surface area contributed by atoms with Gasteiger partial charge < -0.3 is 15.1 Å². The fourth-order valence-electron chi connectivity index (χ4n) is 1.71. The van der Waals surface area contributed by atoms with Crippen molar-refractivity contribution in [1.29, 1.82) is 0 Å². The second-order valence-electron chi connectivity index (χ2n) is 4.93. The Hall–Kier alpha value is -0.610. The van der Waals surface area contributed by atoms with Gasteiger partial charge in [0.05, 0.1) is 6.04 Å². The molecule has 0 aromatic heterocycles. The van der Waals surface area contributed by atoms with Gasteiger partial charge in [0.1, 0.15) is 0 Å². The van der Waals surface area contributed by atoms with Crippen LogP contribution in [0.4, 0.5) is 0 Å². The van der Waals surface area contributed by atoms with Crippen molar-refractivity contribution in [2.45, 2.75) is 26.3 Å². The first-order chi connectivity index (χ1) is 7.40. The van der Waals surface area contributed by atoms with Crippen LogP contribution in [0.3, 0.4) is 0 Å². The Kier molecular flexibility index (Phi) is 7.34.